The van der Waals surface area contributed by atoms with Crippen LogP contribution in [0.4, 0.5) is 0 Å². The van der Waals surface area contributed by atoms with E-state index in [-0.39, 0.29) is 0 Å². The molecule has 1 unspecified atom stereocenters. The highest BCUT2D eigenvalue weighted by atomic mass is 32.1. The van der Waals surface area contributed by atoms with Crippen molar-refractivity contribution in [1.29, 1.82) is 0 Å². The molecule has 2 rings (SSSR count). The van der Waals surface area contributed by atoms with Gasteiger partial charge in [0.1, 0.15) is 11.2 Å². The predicted octanol–water partition coefficient (Wildman–Crippen LogP) is 2.83. The van der Waals surface area contributed by atoms with Gasteiger partial charge in [0.05, 0.1) is 11.6 Å². The standard InChI is InChI=1S/C12H14N2O2S/c1-3-7-5-9-10(8(4-2)12(15)16)13-6-14-11(9)17-7/h5-6,8H,3-4H2,1-2H3,(H,15,16). The summed E-state index contributed by atoms with van der Waals surface area (Å²) in [6.07, 6.45) is 2.93. The summed E-state index contributed by atoms with van der Waals surface area (Å²) < 4.78 is 0. The fourth-order valence-electron chi connectivity index (χ4n) is 1.86. The summed E-state index contributed by atoms with van der Waals surface area (Å²) in [5.74, 6) is -1.36. The second kappa shape index (κ2) is 4.79. The molecule has 0 aliphatic carbocycles. The van der Waals surface area contributed by atoms with Crippen LogP contribution in [0.25, 0.3) is 10.2 Å². The molecule has 2 heterocycles. The fraction of sp³-hybridized carbons (Fsp3) is 0.417. The molecule has 0 bridgehead atoms. The van der Waals surface area contributed by atoms with Gasteiger partial charge in [-0.15, -0.1) is 11.3 Å². The van der Waals surface area contributed by atoms with E-state index in [1.165, 1.54) is 11.2 Å². The minimum Gasteiger partial charge on any atom is -0.481 e. The van der Waals surface area contributed by atoms with Crippen LogP contribution in [-0.2, 0) is 11.2 Å². The van der Waals surface area contributed by atoms with Crippen molar-refractivity contribution in [2.45, 2.75) is 32.6 Å². The summed E-state index contributed by atoms with van der Waals surface area (Å²) in [4.78, 5) is 21.6. The molecule has 0 aromatic carbocycles. The Morgan fingerprint density at radius 3 is 2.82 bits per heavy atom. The molecule has 2 aromatic rings. The first kappa shape index (κ1) is 12.0. The average molecular weight is 250 g/mol. The Morgan fingerprint density at radius 2 is 2.24 bits per heavy atom. The van der Waals surface area contributed by atoms with Crippen LogP contribution in [0, 0.1) is 0 Å². The highest BCUT2D eigenvalue weighted by molar-refractivity contribution is 7.18. The lowest BCUT2D eigenvalue weighted by Gasteiger charge is -2.09. The third-order valence-corrected chi connectivity index (χ3v) is 3.98. The summed E-state index contributed by atoms with van der Waals surface area (Å²) in [5, 5.41) is 10.1. The Hall–Kier alpha value is -1.49. The van der Waals surface area contributed by atoms with Gasteiger partial charge >= 0.3 is 5.97 Å². The van der Waals surface area contributed by atoms with Crippen molar-refractivity contribution in [2.75, 3.05) is 0 Å². The first-order chi connectivity index (χ1) is 8.17. The quantitative estimate of drug-likeness (QED) is 0.906. The maximum atomic E-state index is 11.2. The number of rotatable bonds is 4. The molecule has 0 amide bonds. The zero-order valence-electron chi connectivity index (χ0n) is 9.80. The van der Waals surface area contributed by atoms with Crippen LogP contribution in [-0.4, -0.2) is 21.0 Å². The summed E-state index contributed by atoms with van der Waals surface area (Å²) in [6.45, 7) is 3.94. The van der Waals surface area contributed by atoms with E-state index in [0.29, 0.717) is 12.1 Å². The Labute approximate surface area is 103 Å². The van der Waals surface area contributed by atoms with E-state index in [9.17, 15) is 9.90 Å². The van der Waals surface area contributed by atoms with Crippen molar-refractivity contribution < 1.29 is 9.90 Å². The number of aryl methyl sites for hydroxylation is 1. The molecule has 0 fully saturated rings. The monoisotopic (exact) mass is 250 g/mol. The Balaban J connectivity index is 2.60. The number of carbonyl (C=O) groups is 1. The molecule has 17 heavy (non-hydrogen) atoms. The second-order valence-corrected chi connectivity index (χ2v) is 4.96. The number of hydrogen-bond acceptors (Lipinski definition) is 4. The topological polar surface area (TPSA) is 63.1 Å². The van der Waals surface area contributed by atoms with Crippen LogP contribution in [0.1, 0.15) is 36.8 Å². The van der Waals surface area contributed by atoms with Gasteiger partial charge in [0.15, 0.2) is 0 Å². The van der Waals surface area contributed by atoms with Gasteiger partial charge in [0.25, 0.3) is 0 Å². The van der Waals surface area contributed by atoms with E-state index in [4.69, 9.17) is 0 Å². The maximum absolute atomic E-state index is 11.2. The summed E-state index contributed by atoms with van der Waals surface area (Å²) in [6, 6.07) is 2.01. The number of hydrogen-bond donors (Lipinski definition) is 1. The molecular weight excluding hydrogens is 236 g/mol. The van der Waals surface area contributed by atoms with E-state index in [1.807, 2.05) is 13.0 Å². The van der Waals surface area contributed by atoms with Crippen molar-refractivity contribution in [3.63, 3.8) is 0 Å². The Kier molecular flexibility index (Phi) is 3.38. The third-order valence-electron chi connectivity index (χ3n) is 2.80. The molecule has 90 valence electrons. The Bertz CT molecular complexity index is 550. The second-order valence-electron chi connectivity index (χ2n) is 3.84. The normalized spacial score (nSPS) is 12.8. The highest BCUT2D eigenvalue weighted by Crippen LogP contribution is 2.30. The van der Waals surface area contributed by atoms with Crippen LogP contribution in [0.15, 0.2) is 12.4 Å². The number of aromatic nitrogens is 2. The van der Waals surface area contributed by atoms with Gasteiger partial charge in [0.2, 0.25) is 0 Å². The van der Waals surface area contributed by atoms with Gasteiger partial charge in [-0.05, 0) is 18.9 Å². The van der Waals surface area contributed by atoms with E-state index in [0.717, 1.165) is 16.6 Å². The van der Waals surface area contributed by atoms with Crippen LogP contribution >= 0.6 is 11.3 Å². The van der Waals surface area contributed by atoms with Crippen molar-refractivity contribution in [1.82, 2.24) is 9.97 Å². The molecule has 1 atom stereocenters. The summed E-state index contributed by atoms with van der Waals surface area (Å²) in [7, 11) is 0. The third kappa shape index (κ3) is 2.15. The molecule has 2 aromatic heterocycles. The zero-order chi connectivity index (χ0) is 12.4. The van der Waals surface area contributed by atoms with Crippen molar-refractivity contribution in [3.05, 3.63) is 23.0 Å². The molecule has 4 nitrogen and oxygen atoms in total. The molecule has 0 aliphatic rings. The minimum absolute atomic E-state index is 0.540. The van der Waals surface area contributed by atoms with E-state index in [2.05, 4.69) is 16.9 Å². The summed E-state index contributed by atoms with van der Waals surface area (Å²) >= 11 is 1.61. The van der Waals surface area contributed by atoms with E-state index >= 15 is 0 Å². The number of thiophene rings is 1. The van der Waals surface area contributed by atoms with Crippen molar-refractivity contribution in [3.8, 4) is 0 Å². The SMILES string of the molecule is CCc1cc2c(C(CC)C(=O)O)ncnc2s1. The van der Waals surface area contributed by atoms with Crippen molar-refractivity contribution in [2.24, 2.45) is 0 Å². The number of carboxylic acid groups (broad SMARTS) is 1. The molecule has 0 saturated heterocycles. The van der Waals surface area contributed by atoms with Gasteiger partial charge in [-0.2, -0.15) is 0 Å². The van der Waals surface area contributed by atoms with E-state index in [1.54, 1.807) is 11.3 Å². The molecular formula is C12H14N2O2S. The highest BCUT2D eigenvalue weighted by Gasteiger charge is 2.22. The number of aliphatic carboxylic acids is 1. The minimum atomic E-state index is -0.822. The zero-order valence-corrected chi connectivity index (χ0v) is 10.6. The van der Waals surface area contributed by atoms with Gasteiger partial charge in [-0.25, -0.2) is 9.97 Å². The molecule has 5 heteroatoms. The molecule has 0 aliphatic heterocycles. The van der Waals surface area contributed by atoms with Gasteiger partial charge in [0, 0.05) is 10.3 Å². The summed E-state index contributed by atoms with van der Waals surface area (Å²) in [5.41, 5.74) is 0.640. The maximum Gasteiger partial charge on any atom is 0.312 e. The van der Waals surface area contributed by atoms with Gasteiger partial charge in [-0.1, -0.05) is 13.8 Å². The van der Waals surface area contributed by atoms with Gasteiger partial charge < -0.3 is 5.11 Å². The fourth-order valence-corrected chi connectivity index (χ4v) is 2.80. The number of nitrogens with zero attached hydrogens (tertiary/aromatic N) is 2. The lowest BCUT2D eigenvalue weighted by molar-refractivity contribution is -0.138. The van der Waals surface area contributed by atoms with Crippen LogP contribution < -0.4 is 0 Å². The Morgan fingerprint density at radius 1 is 1.47 bits per heavy atom. The first-order valence-corrected chi connectivity index (χ1v) is 6.45. The lowest BCUT2D eigenvalue weighted by Crippen LogP contribution is -2.12. The largest absolute Gasteiger partial charge is 0.481 e. The first-order valence-electron chi connectivity index (χ1n) is 5.63. The smallest absolute Gasteiger partial charge is 0.312 e. The van der Waals surface area contributed by atoms with Crippen LogP contribution in [0.3, 0.4) is 0 Å². The van der Waals surface area contributed by atoms with Crippen LogP contribution in [0.5, 0.6) is 0 Å². The average Bonchev–Trinajstić information content (AvgIpc) is 2.73. The lowest BCUT2D eigenvalue weighted by atomic mass is 10.00. The molecule has 1 N–H and O–H groups in total. The number of carboxylic acids is 1. The molecule has 0 spiro atoms. The van der Waals surface area contributed by atoms with E-state index < -0.39 is 11.9 Å². The molecule has 0 radical (unpaired) electrons. The van der Waals surface area contributed by atoms with Gasteiger partial charge in [-0.3, -0.25) is 4.79 Å². The number of fused-ring (bicyclic) bond motifs is 1. The van der Waals surface area contributed by atoms with Crippen molar-refractivity contribution >= 4 is 27.5 Å². The predicted molar refractivity (Wildman–Crippen MR) is 67.5 cm³/mol. The van der Waals surface area contributed by atoms with Crippen LogP contribution in [0.2, 0.25) is 0 Å². The molecule has 0 saturated carbocycles.